The predicted molar refractivity (Wildman–Crippen MR) is 138 cm³/mol. The van der Waals surface area contributed by atoms with Crippen LogP contribution in [0.3, 0.4) is 0 Å². The second-order valence-corrected chi connectivity index (χ2v) is 9.45. The summed E-state index contributed by atoms with van der Waals surface area (Å²) in [6, 6.07) is 8.64. The van der Waals surface area contributed by atoms with E-state index in [0.717, 1.165) is 48.2 Å². The number of rotatable bonds is 4. The third-order valence-corrected chi connectivity index (χ3v) is 7.16. The van der Waals surface area contributed by atoms with E-state index in [9.17, 15) is 9.90 Å². The maximum Gasteiger partial charge on any atom is 0.153 e. The molecule has 10 heteroatoms. The van der Waals surface area contributed by atoms with Crippen LogP contribution in [0.4, 0.5) is 0 Å². The normalized spacial score (nSPS) is 12.8. The SMILES string of the molecule is CO.O=Cc1ccc(O)cc1O.Oc1ccc(C2SCCCS2)c(O)c1.SCCCS. The summed E-state index contributed by atoms with van der Waals surface area (Å²) in [5, 5.41) is 43.5. The molecule has 0 bridgehead atoms. The van der Waals surface area contributed by atoms with Gasteiger partial charge in [0.2, 0.25) is 0 Å². The summed E-state index contributed by atoms with van der Waals surface area (Å²) in [4.78, 5) is 10.1. The quantitative estimate of drug-likeness (QED) is 0.235. The Labute approximate surface area is 202 Å². The fraction of sp³-hybridized carbons (Fsp3) is 0.381. The summed E-state index contributed by atoms with van der Waals surface area (Å²) in [5.74, 6) is 4.30. The van der Waals surface area contributed by atoms with Gasteiger partial charge >= 0.3 is 0 Å². The number of carbonyl (C=O) groups excluding carboxylic acids is 1. The lowest BCUT2D eigenvalue weighted by atomic mass is 10.2. The van der Waals surface area contributed by atoms with Gasteiger partial charge in [0.25, 0.3) is 0 Å². The molecule has 0 atom stereocenters. The fourth-order valence-corrected chi connectivity index (χ4v) is 5.62. The van der Waals surface area contributed by atoms with E-state index in [1.165, 1.54) is 24.6 Å². The van der Waals surface area contributed by atoms with Gasteiger partial charge in [-0.1, -0.05) is 0 Å². The van der Waals surface area contributed by atoms with E-state index in [0.29, 0.717) is 10.9 Å². The largest absolute Gasteiger partial charge is 0.508 e. The standard InChI is InChI=1S/C10H12O2S2.C7H6O3.C3H8S2.CH4O/c11-7-2-3-8(9(12)6-7)10-13-4-1-5-14-10;8-4-5-1-2-6(9)3-7(5)10;4-2-1-3-5;1-2/h2-3,6,10-12H,1,4-5H2;1-4,9-10H;4-5H,1-3H2;2H,1H3. The van der Waals surface area contributed by atoms with Crippen molar-refractivity contribution in [3.8, 4) is 23.0 Å². The second-order valence-electron chi connectivity index (χ2n) is 5.83. The highest BCUT2D eigenvalue weighted by atomic mass is 32.2. The first-order valence-corrected chi connectivity index (χ1v) is 12.7. The molecule has 1 aliphatic heterocycles. The van der Waals surface area contributed by atoms with E-state index in [4.69, 9.17) is 20.4 Å². The summed E-state index contributed by atoms with van der Waals surface area (Å²) in [6.45, 7) is 0. The van der Waals surface area contributed by atoms with Crippen LogP contribution < -0.4 is 0 Å². The van der Waals surface area contributed by atoms with Gasteiger partial charge in [0, 0.05) is 24.8 Å². The van der Waals surface area contributed by atoms with Crippen LogP contribution >= 0.6 is 48.8 Å². The van der Waals surface area contributed by atoms with Crippen molar-refractivity contribution in [2.45, 2.75) is 17.4 Å². The van der Waals surface area contributed by atoms with E-state index in [1.54, 1.807) is 12.1 Å². The molecule has 1 heterocycles. The number of benzene rings is 2. The Morgan fingerprint density at radius 1 is 0.903 bits per heavy atom. The molecule has 174 valence electrons. The fourth-order valence-electron chi connectivity index (χ4n) is 2.10. The Bertz CT molecular complexity index is 753. The Morgan fingerprint density at radius 3 is 1.84 bits per heavy atom. The molecule has 0 unspecified atom stereocenters. The van der Waals surface area contributed by atoms with Gasteiger partial charge < -0.3 is 25.5 Å². The van der Waals surface area contributed by atoms with Gasteiger partial charge in [0.05, 0.1) is 10.1 Å². The molecule has 31 heavy (non-hydrogen) atoms. The maximum atomic E-state index is 10.1. The molecule has 0 spiro atoms. The first-order valence-electron chi connectivity index (χ1n) is 9.31. The molecule has 2 aromatic carbocycles. The Hall–Kier alpha value is -1.33. The Morgan fingerprint density at radius 2 is 1.42 bits per heavy atom. The molecule has 2 aromatic rings. The van der Waals surface area contributed by atoms with Gasteiger partial charge in [0.15, 0.2) is 6.29 Å². The van der Waals surface area contributed by atoms with Crippen LogP contribution in [0.1, 0.15) is 33.3 Å². The van der Waals surface area contributed by atoms with Crippen LogP contribution in [0.2, 0.25) is 0 Å². The van der Waals surface area contributed by atoms with Crippen LogP contribution in [0.15, 0.2) is 36.4 Å². The summed E-state index contributed by atoms with van der Waals surface area (Å²) < 4.78 is 0.323. The first kappa shape index (κ1) is 29.7. The van der Waals surface area contributed by atoms with Crippen molar-refractivity contribution in [1.29, 1.82) is 0 Å². The maximum absolute atomic E-state index is 10.1. The van der Waals surface area contributed by atoms with E-state index in [2.05, 4.69) is 25.3 Å². The van der Waals surface area contributed by atoms with Gasteiger partial charge in [-0.15, -0.1) is 23.5 Å². The molecule has 1 fully saturated rings. The number of aldehydes is 1. The van der Waals surface area contributed by atoms with Gasteiger partial charge in [-0.25, -0.2) is 0 Å². The summed E-state index contributed by atoms with van der Waals surface area (Å²) in [5.41, 5.74) is 1.11. The lowest BCUT2D eigenvalue weighted by molar-refractivity contribution is 0.112. The minimum Gasteiger partial charge on any atom is -0.508 e. The van der Waals surface area contributed by atoms with E-state index in [-0.39, 0.29) is 28.6 Å². The highest BCUT2D eigenvalue weighted by Crippen LogP contribution is 2.46. The number of thioether (sulfide) groups is 2. The third kappa shape index (κ3) is 12.3. The van der Waals surface area contributed by atoms with Crippen LogP contribution in [0, 0.1) is 0 Å². The van der Waals surface area contributed by atoms with Crippen LogP contribution in [0.5, 0.6) is 23.0 Å². The van der Waals surface area contributed by atoms with Crippen molar-refractivity contribution in [3.63, 3.8) is 0 Å². The minimum atomic E-state index is -0.199. The highest BCUT2D eigenvalue weighted by Gasteiger charge is 2.19. The van der Waals surface area contributed by atoms with E-state index in [1.807, 2.05) is 23.5 Å². The minimum absolute atomic E-state index is 0.0527. The van der Waals surface area contributed by atoms with Crippen LogP contribution in [-0.2, 0) is 0 Å². The molecule has 5 N–H and O–H groups in total. The van der Waals surface area contributed by atoms with Gasteiger partial charge in [0.1, 0.15) is 23.0 Å². The molecular formula is C21H30O6S4. The van der Waals surface area contributed by atoms with E-state index >= 15 is 0 Å². The third-order valence-electron chi connectivity index (χ3n) is 3.55. The second kappa shape index (κ2) is 18.3. The van der Waals surface area contributed by atoms with Gasteiger partial charge in [-0.2, -0.15) is 25.3 Å². The zero-order valence-corrected chi connectivity index (χ0v) is 20.6. The summed E-state index contributed by atoms with van der Waals surface area (Å²) in [6.07, 6.45) is 2.88. The van der Waals surface area contributed by atoms with Gasteiger partial charge in [-0.3, -0.25) is 4.79 Å². The van der Waals surface area contributed by atoms with Crippen molar-refractivity contribution < 1.29 is 30.3 Å². The van der Waals surface area contributed by atoms with Crippen molar-refractivity contribution >= 4 is 55.1 Å². The van der Waals surface area contributed by atoms with Crippen molar-refractivity contribution in [3.05, 3.63) is 47.5 Å². The number of phenols is 4. The predicted octanol–water partition coefficient (Wildman–Crippen LogP) is 4.72. The molecule has 1 aliphatic rings. The molecule has 0 aliphatic carbocycles. The number of carbonyl (C=O) groups is 1. The van der Waals surface area contributed by atoms with Crippen molar-refractivity contribution in [1.82, 2.24) is 0 Å². The zero-order chi connectivity index (χ0) is 23.6. The average Bonchev–Trinajstić information content (AvgIpc) is 2.77. The zero-order valence-electron chi connectivity index (χ0n) is 17.2. The molecular weight excluding hydrogens is 476 g/mol. The number of aromatic hydroxyl groups is 4. The summed E-state index contributed by atoms with van der Waals surface area (Å²) >= 11 is 11.6. The molecule has 1 saturated heterocycles. The smallest absolute Gasteiger partial charge is 0.153 e. The lowest BCUT2D eigenvalue weighted by Gasteiger charge is -2.21. The van der Waals surface area contributed by atoms with E-state index < -0.39 is 0 Å². The van der Waals surface area contributed by atoms with Crippen LogP contribution in [-0.4, -0.2) is 61.9 Å². The highest BCUT2D eigenvalue weighted by molar-refractivity contribution is 8.16. The first-order chi connectivity index (χ1) is 14.9. The van der Waals surface area contributed by atoms with Gasteiger partial charge in [-0.05, 0) is 60.1 Å². The molecule has 6 nitrogen and oxygen atoms in total. The Balaban J connectivity index is 0.000000464. The molecule has 3 rings (SSSR count). The lowest BCUT2D eigenvalue weighted by Crippen LogP contribution is -2.00. The number of hydrogen-bond acceptors (Lipinski definition) is 10. The monoisotopic (exact) mass is 506 g/mol. The molecule has 0 saturated carbocycles. The average molecular weight is 507 g/mol. The summed E-state index contributed by atoms with van der Waals surface area (Å²) in [7, 11) is 1.00. The van der Waals surface area contributed by atoms with Crippen molar-refractivity contribution in [2.75, 3.05) is 30.1 Å². The number of aliphatic hydroxyl groups excluding tert-OH is 1. The molecule has 0 amide bonds. The molecule has 0 radical (unpaired) electrons. The Kier molecular flexibility index (Phi) is 17.5. The van der Waals surface area contributed by atoms with Crippen LogP contribution in [0.25, 0.3) is 0 Å². The number of aliphatic hydroxyl groups is 1. The van der Waals surface area contributed by atoms with Crippen molar-refractivity contribution in [2.24, 2.45) is 0 Å². The number of thiol groups is 2. The molecule has 0 aromatic heterocycles. The topological polar surface area (TPSA) is 118 Å². The number of phenolic OH excluding ortho intramolecular Hbond substituents is 4. The number of hydrogen-bond donors (Lipinski definition) is 7.